The van der Waals surface area contributed by atoms with Crippen LogP contribution in [0.3, 0.4) is 0 Å². The first kappa shape index (κ1) is 34.9. The number of nitrogens with zero attached hydrogens (tertiary/aromatic N) is 1. The van der Waals surface area contributed by atoms with E-state index < -0.39 is 0 Å². The second-order valence-electron chi connectivity index (χ2n) is 16.0. The topological polar surface area (TPSA) is 29.5 Å². The van der Waals surface area contributed by atoms with E-state index in [2.05, 4.69) is 205 Å². The fraction of sp³-hybridized carbons (Fsp3) is 0. The Morgan fingerprint density at radius 3 is 1.71 bits per heavy atom. The molecule has 0 saturated carbocycles. The summed E-state index contributed by atoms with van der Waals surface area (Å²) in [4.78, 5) is 2.35. The molecule has 13 rings (SSSR count). The molecule has 3 nitrogen and oxygen atoms in total. The Balaban J connectivity index is 0.909. The van der Waals surface area contributed by atoms with Crippen molar-refractivity contribution in [3.63, 3.8) is 0 Å². The molecule has 0 fully saturated rings. The number of anilines is 3. The van der Waals surface area contributed by atoms with Gasteiger partial charge in [0.05, 0.1) is 0 Å². The summed E-state index contributed by atoms with van der Waals surface area (Å²) in [5.41, 5.74) is 13.9. The lowest BCUT2D eigenvalue weighted by Gasteiger charge is -2.26. The molecule has 0 spiro atoms. The van der Waals surface area contributed by atoms with E-state index in [1.807, 2.05) is 23.5 Å². The number of para-hydroxylation sites is 1. The molecular formula is C58H35NO2S. The molecule has 290 valence electrons. The molecule has 0 N–H and O–H groups in total. The molecule has 0 amide bonds. The third-order valence-electron chi connectivity index (χ3n) is 12.5. The van der Waals surface area contributed by atoms with E-state index in [-0.39, 0.29) is 0 Å². The highest BCUT2D eigenvalue weighted by Gasteiger charge is 2.18. The van der Waals surface area contributed by atoms with Gasteiger partial charge in [0.1, 0.15) is 22.3 Å². The number of rotatable bonds is 6. The smallest absolute Gasteiger partial charge is 0.143 e. The van der Waals surface area contributed by atoms with Crippen LogP contribution in [-0.2, 0) is 0 Å². The number of hydrogen-bond donors (Lipinski definition) is 0. The molecule has 0 aliphatic rings. The van der Waals surface area contributed by atoms with Crippen molar-refractivity contribution in [3.05, 3.63) is 212 Å². The van der Waals surface area contributed by atoms with Crippen LogP contribution in [0.4, 0.5) is 17.1 Å². The molecule has 0 radical (unpaired) electrons. The van der Waals surface area contributed by atoms with Gasteiger partial charge in [-0.3, -0.25) is 0 Å². The minimum absolute atomic E-state index is 0.895. The minimum atomic E-state index is 0.895. The Labute approximate surface area is 360 Å². The van der Waals surface area contributed by atoms with E-state index >= 15 is 0 Å². The average molecular weight is 810 g/mol. The summed E-state index contributed by atoms with van der Waals surface area (Å²) in [5, 5.41) is 9.46. The van der Waals surface area contributed by atoms with Crippen LogP contribution < -0.4 is 4.90 Å². The van der Waals surface area contributed by atoms with Gasteiger partial charge in [-0.25, -0.2) is 0 Å². The lowest BCUT2D eigenvalue weighted by atomic mass is 9.97. The molecule has 4 heteroatoms. The highest BCUT2D eigenvalue weighted by molar-refractivity contribution is 7.26. The first-order valence-electron chi connectivity index (χ1n) is 21.0. The summed E-state index contributed by atoms with van der Waals surface area (Å²) in [6.45, 7) is 0. The van der Waals surface area contributed by atoms with Crippen molar-refractivity contribution < 1.29 is 8.83 Å². The van der Waals surface area contributed by atoms with Gasteiger partial charge in [0, 0.05) is 64.2 Å². The average Bonchev–Trinajstić information content (AvgIpc) is 4.04. The van der Waals surface area contributed by atoms with Gasteiger partial charge in [0.2, 0.25) is 0 Å². The van der Waals surface area contributed by atoms with Gasteiger partial charge < -0.3 is 13.7 Å². The van der Waals surface area contributed by atoms with E-state index in [9.17, 15) is 0 Å². The van der Waals surface area contributed by atoms with E-state index in [0.29, 0.717) is 0 Å². The van der Waals surface area contributed by atoms with Crippen molar-refractivity contribution in [2.75, 3.05) is 4.90 Å². The molecular weight excluding hydrogens is 775 g/mol. The minimum Gasteiger partial charge on any atom is -0.456 e. The predicted molar refractivity (Wildman–Crippen MR) is 262 cm³/mol. The molecule has 13 aromatic rings. The van der Waals surface area contributed by atoms with Crippen LogP contribution in [0.15, 0.2) is 221 Å². The first-order valence-corrected chi connectivity index (χ1v) is 21.8. The first-order chi connectivity index (χ1) is 30.7. The lowest BCUT2D eigenvalue weighted by Crippen LogP contribution is -2.09. The van der Waals surface area contributed by atoms with Crippen LogP contribution in [0.2, 0.25) is 0 Å². The zero-order valence-electron chi connectivity index (χ0n) is 33.4. The Kier molecular flexibility index (Phi) is 7.78. The van der Waals surface area contributed by atoms with Crippen molar-refractivity contribution >= 4 is 103 Å². The maximum absolute atomic E-state index is 6.55. The SMILES string of the molecule is c1ccc2c(c1)ccc1c2oc2cccc(-c3ccc(N(c4ccc(-c5ccc6oc7ccccc7c6c5)cc4)c4ccc(-c5cccc6c5sc5ccccc56)cc4)cc3)c21. The zero-order chi connectivity index (χ0) is 40.7. The van der Waals surface area contributed by atoms with Crippen LogP contribution >= 0.6 is 11.3 Å². The monoisotopic (exact) mass is 809 g/mol. The van der Waals surface area contributed by atoms with Gasteiger partial charge >= 0.3 is 0 Å². The number of furan rings is 2. The van der Waals surface area contributed by atoms with Gasteiger partial charge in [-0.15, -0.1) is 11.3 Å². The summed E-state index contributed by atoms with van der Waals surface area (Å²) < 4.78 is 15.3. The van der Waals surface area contributed by atoms with E-state index in [0.717, 1.165) is 88.6 Å². The van der Waals surface area contributed by atoms with Crippen molar-refractivity contribution in [1.29, 1.82) is 0 Å². The van der Waals surface area contributed by atoms with Gasteiger partial charge in [-0.1, -0.05) is 140 Å². The zero-order valence-corrected chi connectivity index (χ0v) is 34.2. The molecule has 0 aliphatic carbocycles. The highest BCUT2D eigenvalue weighted by atomic mass is 32.1. The Bertz CT molecular complexity index is 3850. The van der Waals surface area contributed by atoms with Gasteiger partial charge in [0.15, 0.2) is 0 Å². The van der Waals surface area contributed by atoms with Crippen molar-refractivity contribution in [3.8, 4) is 33.4 Å². The molecule has 0 unspecified atom stereocenters. The normalized spacial score (nSPS) is 11.9. The fourth-order valence-electron chi connectivity index (χ4n) is 9.50. The van der Waals surface area contributed by atoms with Crippen molar-refractivity contribution in [2.45, 2.75) is 0 Å². The van der Waals surface area contributed by atoms with Gasteiger partial charge in [0.25, 0.3) is 0 Å². The summed E-state index contributed by atoms with van der Waals surface area (Å²) in [7, 11) is 0. The van der Waals surface area contributed by atoms with Crippen LogP contribution in [-0.4, -0.2) is 0 Å². The largest absolute Gasteiger partial charge is 0.456 e. The quantitative estimate of drug-likeness (QED) is 0.168. The molecule has 0 bridgehead atoms. The van der Waals surface area contributed by atoms with Gasteiger partial charge in [-0.05, 0) is 112 Å². The number of fused-ring (bicyclic) bond motifs is 11. The number of hydrogen-bond acceptors (Lipinski definition) is 4. The van der Waals surface area contributed by atoms with Crippen LogP contribution in [0, 0.1) is 0 Å². The van der Waals surface area contributed by atoms with E-state index in [1.165, 1.54) is 36.7 Å². The maximum Gasteiger partial charge on any atom is 0.143 e. The third kappa shape index (κ3) is 5.51. The van der Waals surface area contributed by atoms with Crippen LogP contribution in [0.1, 0.15) is 0 Å². The Morgan fingerprint density at radius 2 is 0.919 bits per heavy atom. The van der Waals surface area contributed by atoms with Crippen molar-refractivity contribution in [2.24, 2.45) is 0 Å². The molecule has 0 atom stereocenters. The standard InChI is InChI=1S/C58H35NO2S/c1-2-10-45-37(9-1)25-33-50-56-44(13-8-17-54(56)61-57(45)50)38-21-29-42(30-22-38)59(41-27-19-36(20-28-41)40-26-34-53-51(35-40)47-11-3-5-16-52(47)60-53)43-31-23-39(24-32-43)46-14-7-15-49-48-12-4-6-18-55(48)62-58(46)49/h1-35H. The molecule has 3 aromatic heterocycles. The maximum atomic E-state index is 6.55. The second-order valence-corrected chi connectivity index (χ2v) is 17.1. The van der Waals surface area contributed by atoms with E-state index in [4.69, 9.17) is 8.83 Å². The van der Waals surface area contributed by atoms with Gasteiger partial charge in [-0.2, -0.15) is 0 Å². The third-order valence-corrected chi connectivity index (χ3v) is 13.7. The molecule has 0 aliphatic heterocycles. The molecule has 0 saturated heterocycles. The number of thiophene rings is 1. The highest BCUT2D eigenvalue weighted by Crippen LogP contribution is 2.44. The van der Waals surface area contributed by atoms with Crippen LogP contribution in [0.5, 0.6) is 0 Å². The second kappa shape index (κ2) is 13.8. The molecule has 10 aromatic carbocycles. The fourth-order valence-corrected chi connectivity index (χ4v) is 10.7. The lowest BCUT2D eigenvalue weighted by molar-refractivity contribution is 0.669. The molecule has 3 heterocycles. The Morgan fingerprint density at radius 1 is 0.339 bits per heavy atom. The molecule has 62 heavy (non-hydrogen) atoms. The summed E-state index contributed by atoms with van der Waals surface area (Å²) in [6.07, 6.45) is 0. The van der Waals surface area contributed by atoms with E-state index in [1.54, 1.807) is 0 Å². The van der Waals surface area contributed by atoms with Crippen molar-refractivity contribution in [1.82, 2.24) is 0 Å². The summed E-state index contributed by atoms with van der Waals surface area (Å²) in [6, 6.07) is 76.2. The Hall–Kier alpha value is -7.92. The summed E-state index contributed by atoms with van der Waals surface area (Å²) >= 11 is 1.87. The number of benzene rings is 10. The predicted octanol–water partition coefficient (Wildman–Crippen LogP) is 17.5. The van der Waals surface area contributed by atoms with Crippen LogP contribution in [0.25, 0.3) is 108 Å². The summed E-state index contributed by atoms with van der Waals surface area (Å²) in [5.74, 6) is 0.